The molecule has 3 rings (SSSR count). The van der Waals surface area contributed by atoms with Crippen LogP contribution in [0.3, 0.4) is 0 Å². The van der Waals surface area contributed by atoms with Crippen molar-refractivity contribution in [2.75, 3.05) is 13.1 Å². The van der Waals surface area contributed by atoms with Crippen LogP contribution in [0, 0.1) is 0 Å². The Morgan fingerprint density at radius 3 is 2.00 bits per heavy atom. The molecule has 3 heteroatoms. The van der Waals surface area contributed by atoms with Crippen molar-refractivity contribution in [1.82, 2.24) is 5.32 Å². The molecule has 0 unspecified atom stereocenters. The van der Waals surface area contributed by atoms with E-state index in [0.29, 0.717) is 5.92 Å². The van der Waals surface area contributed by atoms with Gasteiger partial charge in [0.2, 0.25) is 0 Å². The first-order valence-electron chi connectivity index (χ1n) is 7.42. The third-order valence-corrected chi connectivity index (χ3v) is 4.22. The first-order chi connectivity index (χ1) is 10.2. The predicted octanol–water partition coefficient (Wildman–Crippen LogP) is 4.29. The van der Waals surface area contributed by atoms with Gasteiger partial charge in [-0.15, -0.1) is 0 Å². The molecule has 0 amide bonds. The topological polar surface area (TPSA) is 12.0 Å². The molecule has 1 aliphatic rings. The summed E-state index contributed by atoms with van der Waals surface area (Å²) in [6.07, 6.45) is 2.16. The molecule has 1 saturated heterocycles. The molecular weight excluding hydrogens is 268 g/mol. The van der Waals surface area contributed by atoms with Crippen LogP contribution in [0.15, 0.2) is 54.6 Å². The molecule has 0 aliphatic carbocycles. The highest BCUT2D eigenvalue weighted by molar-refractivity contribution is 5.35. The van der Waals surface area contributed by atoms with Crippen LogP contribution in [0.5, 0.6) is 0 Å². The van der Waals surface area contributed by atoms with Gasteiger partial charge in [0.25, 0.3) is 5.92 Å². The van der Waals surface area contributed by atoms with Gasteiger partial charge >= 0.3 is 0 Å². The van der Waals surface area contributed by atoms with Gasteiger partial charge < -0.3 is 5.32 Å². The molecule has 1 fully saturated rings. The fourth-order valence-electron chi connectivity index (χ4n) is 2.93. The number of hydrogen-bond donors (Lipinski definition) is 1. The molecule has 0 spiro atoms. The Morgan fingerprint density at radius 1 is 0.810 bits per heavy atom. The third-order valence-electron chi connectivity index (χ3n) is 4.22. The Balaban J connectivity index is 1.83. The lowest BCUT2D eigenvalue weighted by atomic mass is 9.89. The number of piperidine rings is 1. The van der Waals surface area contributed by atoms with Crippen LogP contribution >= 0.6 is 0 Å². The molecule has 0 atom stereocenters. The molecule has 2 aromatic rings. The highest BCUT2D eigenvalue weighted by Crippen LogP contribution is 2.36. The van der Waals surface area contributed by atoms with Crippen molar-refractivity contribution >= 4 is 0 Å². The van der Waals surface area contributed by atoms with Crippen LogP contribution in [0.4, 0.5) is 8.78 Å². The Hall–Kier alpha value is -1.74. The highest BCUT2D eigenvalue weighted by Gasteiger charge is 2.33. The molecule has 21 heavy (non-hydrogen) atoms. The van der Waals surface area contributed by atoms with Crippen molar-refractivity contribution in [2.24, 2.45) is 0 Å². The van der Waals surface area contributed by atoms with Gasteiger partial charge in [-0.2, -0.15) is 8.78 Å². The summed E-state index contributed by atoms with van der Waals surface area (Å²) in [5, 5.41) is 3.32. The van der Waals surface area contributed by atoms with E-state index in [2.05, 4.69) is 5.32 Å². The first kappa shape index (κ1) is 14.2. The molecular formula is C18H19F2N. The van der Waals surface area contributed by atoms with E-state index in [-0.39, 0.29) is 11.1 Å². The van der Waals surface area contributed by atoms with Gasteiger partial charge in [0.05, 0.1) is 0 Å². The second kappa shape index (κ2) is 5.94. The van der Waals surface area contributed by atoms with Crippen LogP contribution in [0.1, 0.15) is 35.4 Å². The van der Waals surface area contributed by atoms with E-state index in [9.17, 15) is 8.78 Å². The van der Waals surface area contributed by atoms with Gasteiger partial charge in [0.1, 0.15) is 0 Å². The van der Waals surface area contributed by atoms with E-state index in [4.69, 9.17) is 0 Å². The summed E-state index contributed by atoms with van der Waals surface area (Å²) in [6.45, 7) is 2.01. The van der Waals surface area contributed by atoms with Gasteiger partial charge in [-0.05, 0) is 37.4 Å². The zero-order chi connectivity index (χ0) is 14.7. The number of rotatable bonds is 3. The van der Waals surface area contributed by atoms with E-state index < -0.39 is 5.92 Å². The number of halogens is 2. The molecule has 2 aromatic carbocycles. The van der Waals surface area contributed by atoms with Crippen LogP contribution < -0.4 is 5.32 Å². The first-order valence-corrected chi connectivity index (χ1v) is 7.42. The maximum absolute atomic E-state index is 14.5. The van der Waals surface area contributed by atoms with E-state index in [1.54, 1.807) is 30.3 Å². The zero-order valence-corrected chi connectivity index (χ0v) is 11.9. The molecule has 1 N–H and O–H groups in total. The molecule has 0 aromatic heterocycles. The quantitative estimate of drug-likeness (QED) is 0.887. The highest BCUT2D eigenvalue weighted by atomic mass is 19.3. The van der Waals surface area contributed by atoms with E-state index in [0.717, 1.165) is 25.9 Å². The molecule has 1 heterocycles. The van der Waals surface area contributed by atoms with Crippen molar-refractivity contribution in [3.8, 4) is 0 Å². The summed E-state index contributed by atoms with van der Waals surface area (Å²) in [5.74, 6) is -2.45. The number of benzene rings is 2. The fraction of sp³-hybridized carbons (Fsp3) is 0.333. The number of alkyl halides is 2. The molecule has 1 nitrogen and oxygen atoms in total. The summed E-state index contributed by atoms with van der Waals surface area (Å²) in [5.41, 5.74) is 1.27. The molecule has 0 radical (unpaired) electrons. The molecule has 0 saturated carbocycles. The predicted molar refractivity (Wildman–Crippen MR) is 80.7 cm³/mol. The van der Waals surface area contributed by atoms with Crippen LogP contribution in [0.25, 0.3) is 0 Å². The minimum absolute atomic E-state index is 0.0413. The summed E-state index contributed by atoms with van der Waals surface area (Å²) in [7, 11) is 0. The van der Waals surface area contributed by atoms with Crippen molar-refractivity contribution in [3.63, 3.8) is 0 Å². The molecule has 0 bridgehead atoms. The van der Waals surface area contributed by atoms with Crippen LogP contribution in [-0.2, 0) is 5.92 Å². The fourth-order valence-corrected chi connectivity index (χ4v) is 2.93. The van der Waals surface area contributed by atoms with Gasteiger partial charge in [0, 0.05) is 11.1 Å². The average Bonchev–Trinajstić information content (AvgIpc) is 2.57. The summed E-state index contributed by atoms with van der Waals surface area (Å²) < 4.78 is 28.9. The van der Waals surface area contributed by atoms with Gasteiger partial charge in [-0.25, -0.2) is 0 Å². The van der Waals surface area contributed by atoms with E-state index in [1.165, 1.54) is 17.7 Å². The monoisotopic (exact) mass is 287 g/mol. The summed E-state index contributed by atoms with van der Waals surface area (Å²) in [6, 6.07) is 14.9. The van der Waals surface area contributed by atoms with E-state index >= 15 is 0 Å². The Labute approximate surface area is 124 Å². The lowest BCUT2D eigenvalue weighted by Crippen LogP contribution is -2.26. The second-order valence-corrected chi connectivity index (χ2v) is 5.59. The van der Waals surface area contributed by atoms with Crippen LogP contribution in [-0.4, -0.2) is 13.1 Å². The minimum atomic E-state index is -2.94. The standard InChI is InChI=1S/C18H19F2N/c19-18(20,16-4-2-1-3-5-16)17-8-6-14(7-9-17)15-10-12-21-13-11-15/h1-9,15,21H,10-13H2. The SMILES string of the molecule is FC(F)(c1ccccc1)c1ccc(C2CCNCC2)cc1. The van der Waals surface area contributed by atoms with E-state index in [1.807, 2.05) is 12.1 Å². The zero-order valence-electron chi connectivity index (χ0n) is 11.9. The molecule has 1 aliphatic heterocycles. The lowest BCUT2D eigenvalue weighted by molar-refractivity contribution is 0.0428. The largest absolute Gasteiger partial charge is 0.317 e. The average molecular weight is 287 g/mol. The maximum atomic E-state index is 14.5. The van der Waals surface area contributed by atoms with Crippen LogP contribution in [0.2, 0.25) is 0 Å². The van der Waals surface area contributed by atoms with Crippen molar-refractivity contribution in [3.05, 3.63) is 71.3 Å². The number of hydrogen-bond acceptors (Lipinski definition) is 1. The van der Waals surface area contributed by atoms with Crippen molar-refractivity contribution < 1.29 is 8.78 Å². The summed E-state index contributed by atoms with van der Waals surface area (Å²) >= 11 is 0. The lowest BCUT2D eigenvalue weighted by Gasteiger charge is -2.24. The Bertz CT molecular complexity index is 572. The van der Waals surface area contributed by atoms with Crippen molar-refractivity contribution in [1.29, 1.82) is 0 Å². The third kappa shape index (κ3) is 2.98. The van der Waals surface area contributed by atoms with Gasteiger partial charge in [-0.3, -0.25) is 0 Å². The minimum Gasteiger partial charge on any atom is -0.317 e. The second-order valence-electron chi connectivity index (χ2n) is 5.59. The number of nitrogens with one attached hydrogen (secondary N) is 1. The van der Waals surface area contributed by atoms with Gasteiger partial charge in [0.15, 0.2) is 0 Å². The Morgan fingerprint density at radius 2 is 1.38 bits per heavy atom. The van der Waals surface area contributed by atoms with Gasteiger partial charge in [-0.1, -0.05) is 54.6 Å². The summed E-state index contributed by atoms with van der Waals surface area (Å²) in [4.78, 5) is 0. The maximum Gasteiger partial charge on any atom is 0.298 e. The smallest absolute Gasteiger partial charge is 0.298 e. The Kier molecular flexibility index (Phi) is 4.02. The van der Waals surface area contributed by atoms with Crippen molar-refractivity contribution in [2.45, 2.75) is 24.7 Å². The molecule has 110 valence electrons. The normalized spacial score (nSPS) is 16.9.